The van der Waals surface area contributed by atoms with Crippen LogP contribution in [0.1, 0.15) is 0 Å². The molecule has 0 saturated heterocycles. The molecule has 2 N–H and O–H groups in total. The molecule has 3 aromatic rings. The summed E-state index contributed by atoms with van der Waals surface area (Å²) in [6.07, 6.45) is 0. The van der Waals surface area contributed by atoms with Crippen molar-refractivity contribution in [1.29, 1.82) is 0 Å². The molecule has 0 radical (unpaired) electrons. The van der Waals surface area contributed by atoms with Crippen LogP contribution in [0.3, 0.4) is 0 Å². The van der Waals surface area contributed by atoms with Crippen LogP contribution < -0.4 is 11.3 Å². The van der Waals surface area contributed by atoms with Crippen LogP contribution in [0, 0.1) is 4.77 Å². The maximum Gasteiger partial charge on any atom is 0.260 e. The van der Waals surface area contributed by atoms with E-state index in [2.05, 4.69) is 0 Å². The number of nitrogen functional groups attached to an aromatic ring is 1. The Balaban J connectivity index is 2.35. The lowest BCUT2D eigenvalue weighted by Gasteiger charge is -2.14. The van der Waals surface area contributed by atoms with E-state index in [1.807, 2.05) is 60.7 Å². The largest absolute Gasteiger partial charge is 0.385 e. The Kier molecular flexibility index (Phi) is 3.41. The Labute approximate surface area is 126 Å². The fourth-order valence-electron chi connectivity index (χ4n) is 2.21. The fourth-order valence-corrected chi connectivity index (χ4v) is 2.62. The number of benzene rings is 2. The van der Waals surface area contributed by atoms with Gasteiger partial charge in [0.05, 0.1) is 5.69 Å². The van der Waals surface area contributed by atoms with Gasteiger partial charge in [-0.2, -0.15) is 0 Å². The minimum atomic E-state index is -0.240. The van der Waals surface area contributed by atoms with Gasteiger partial charge in [0.2, 0.25) is 0 Å². The van der Waals surface area contributed by atoms with Crippen LogP contribution in [-0.4, -0.2) is 9.13 Å². The Morgan fingerprint density at radius 2 is 1.29 bits per heavy atom. The van der Waals surface area contributed by atoms with Gasteiger partial charge in [-0.05, 0) is 36.5 Å². The summed E-state index contributed by atoms with van der Waals surface area (Å²) in [5.41, 5.74) is 7.29. The summed E-state index contributed by atoms with van der Waals surface area (Å²) in [5, 5.41) is 0. The lowest BCUT2D eigenvalue weighted by molar-refractivity contribution is 0.849. The van der Waals surface area contributed by atoms with Crippen molar-refractivity contribution in [3.05, 3.63) is 81.9 Å². The van der Waals surface area contributed by atoms with E-state index in [4.69, 9.17) is 18.0 Å². The Morgan fingerprint density at radius 3 is 1.81 bits per heavy atom. The molecule has 0 saturated carbocycles. The Bertz CT molecular complexity index is 883. The summed E-state index contributed by atoms with van der Waals surface area (Å²) in [7, 11) is 0. The smallest absolute Gasteiger partial charge is 0.260 e. The van der Waals surface area contributed by atoms with Crippen LogP contribution in [-0.2, 0) is 0 Å². The molecule has 0 fully saturated rings. The minimum absolute atomic E-state index is 0.240. The predicted octanol–water partition coefficient (Wildman–Crippen LogP) is 2.94. The molecule has 0 bridgehead atoms. The number of hydrogen-bond acceptors (Lipinski definition) is 3. The van der Waals surface area contributed by atoms with Crippen molar-refractivity contribution in [3.8, 4) is 11.4 Å². The first-order valence-corrected chi connectivity index (χ1v) is 6.85. The van der Waals surface area contributed by atoms with E-state index in [0.717, 1.165) is 11.4 Å². The molecule has 0 atom stereocenters. The van der Waals surface area contributed by atoms with Gasteiger partial charge in [-0.15, -0.1) is 0 Å². The van der Waals surface area contributed by atoms with Crippen molar-refractivity contribution in [2.24, 2.45) is 0 Å². The molecule has 21 heavy (non-hydrogen) atoms. The third-order valence-corrected chi connectivity index (χ3v) is 3.53. The second-order valence-corrected chi connectivity index (χ2v) is 4.90. The molecule has 1 heterocycles. The highest BCUT2D eigenvalue weighted by Gasteiger charge is 2.09. The summed E-state index contributed by atoms with van der Waals surface area (Å²) >= 11 is 5.48. The first-order chi connectivity index (χ1) is 10.2. The summed E-state index contributed by atoms with van der Waals surface area (Å²) in [4.78, 5) is 12.2. The molecule has 104 valence electrons. The maximum absolute atomic E-state index is 12.2. The van der Waals surface area contributed by atoms with Crippen molar-refractivity contribution < 1.29 is 0 Å². The summed E-state index contributed by atoms with van der Waals surface area (Å²) in [5.74, 6) is 0.323. The van der Waals surface area contributed by atoms with Gasteiger partial charge in [0.1, 0.15) is 5.82 Å². The number of aromatic nitrogens is 2. The zero-order chi connectivity index (χ0) is 14.8. The molecule has 0 aliphatic rings. The number of hydrogen-bond donors (Lipinski definition) is 1. The average molecular weight is 295 g/mol. The Morgan fingerprint density at radius 1 is 0.810 bits per heavy atom. The van der Waals surface area contributed by atoms with Crippen LogP contribution >= 0.6 is 12.2 Å². The standard InChI is InChI=1S/C16H13N3OS/c17-14-11-15(20)19(13-9-5-2-6-10-13)16(21)18(14)12-7-3-1-4-8-12/h1-11H,17H2. The second kappa shape index (κ2) is 5.38. The van der Waals surface area contributed by atoms with E-state index in [1.165, 1.54) is 10.6 Å². The molecule has 5 heteroatoms. The molecule has 0 amide bonds. The highest BCUT2D eigenvalue weighted by Crippen LogP contribution is 2.15. The third kappa shape index (κ3) is 2.39. The normalized spacial score (nSPS) is 10.5. The lowest BCUT2D eigenvalue weighted by Crippen LogP contribution is -2.24. The monoisotopic (exact) mass is 295 g/mol. The Hall–Kier alpha value is -2.66. The first kappa shape index (κ1) is 13.3. The predicted molar refractivity (Wildman–Crippen MR) is 86.6 cm³/mol. The van der Waals surface area contributed by atoms with Crippen molar-refractivity contribution in [2.75, 3.05) is 5.73 Å². The fraction of sp³-hybridized carbons (Fsp3) is 0. The van der Waals surface area contributed by atoms with Crippen LogP contribution in [0.4, 0.5) is 5.82 Å². The van der Waals surface area contributed by atoms with Gasteiger partial charge in [0.25, 0.3) is 5.56 Å². The molecule has 1 aromatic heterocycles. The summed E-state index contributed by atoms with van der Waals surface area (Å²) in [6.45, 7) is 0. The first-order valence-electron chi connectivity index (χ1n) is 6.44. The van der Waals surface area contributed by atoms with Gasteiger partial charge >= 0.3 is 0 Å². The van der Waals surface area contributed by atoms with E-state index < -0.39 is 0 Å². The number of anilines is 1. The molecule has 0 aliphatic carbocycles. The molecular weight excluding hydrogens is 282 g/mol. The van der Waals surface area contributed by atoms with Crippen LogP contribution in [0.15, 0.2) is 71.5 Å². The molecule has 2 aromatic carbocycles. The van der Waals surface area contributed by atoms with Gasteiger partial charge in [-0.1, -0.05) is 36.4 Å². The number of nitrogens with two attached hydrogens (primary N) is 1. The summed E-state index contributed by atoms with van der Waals surface area (Å²) < 4.78 is 3.50. The van der Waals surface area contributed by atoms with Crippen LogP contribution in [0.5, 0.6) is 0 Å². The zero-order valence-corrected chi connectivity index (χ0v) is 12.0. The van der Waals surface area contributed by atoms with Gasteiger partial charge in [0, 0.05) is 11.8 Å². The van der Waals surface area contributed by atoms with E-state index in [-0.39, 0.29) is 5.56 Å². The van der Waals surface area contributed by atoms with E-state index in [0.29, 0.717) is 10.6 Å². The van der Waals surface area contributed by atoms with Crippen molar-refractivity contribution in [1.82, 2.24) is 9.13 Å². The van der Waals surface area contributed by atoms with Gasteiger partial charge < -0.3 is 5.73 Å². The highest BCUT2D eigenvalue weighted by molar-refractivity contribution is 7.71. The molecule has 0 spiro atoms. The highest BCUT2D eigenvalue weighted by atomic mass is 32.1. The van der Waals surface area contributed by atoms with Crippen molar-refractivity contribution >= 4 is 18.0 Å². The molecule has 0 aliphatic heterocycles. The van der Waals surface area contributed by atoms with Gasteiger partial charge in [-0.25, -0.2) is 0 Å². The van der Waals surface area contributed by atoms with Crippen molar-refractivity contribution in [2.45, 2.75) is 0 Å². The van der Waals surface area contributed by atoms with E-state index in [1.54, 1.807) is 4.57 Å². The topological polar surface area (TPSA) is 53.0 Å². The lowest BCUT2D eigenvalue weighted by atomic mass is 10.3. The molecule has 4 nitrogen and oxygen atoms in total. The van der Waals surface area contributed by atoms with Crippen LogP contribution in [0.25, 0.3) is 11.4 Å². The quantitative estimate of drug-likeness (QED) is 0.740. The molecule has 0 unspecified atom stereocenters. The SMILES string of the molecule is Nc1cc(=O)n(-c2ccccc2)c(=S)n1-c1ccccc1. The second-order valence-electron chi connectivity index (χ2n) is 4.53. The van der Waals surface area contributed by atoms with Gasteiger partial charge in [0.15, 0.2) is 4.77 Å². The van der Waals surface area contributed by atoms with Crippen molar-refractivity contribution in [3.63, 3.8) is 0 Å². The summed E-state index contributed by atoms with van der Waals surface area (Å²) in [6, 6.07) is 20.2. The zero-order valence-electron chi connectivity index (χ0n) is 11.1. The maximum atomic E-state index is 12.2. The molecule has 3 rings (SSSR count). The van der Waals surface area contributed by atoms with Crippen LogP contribution in [0.2, 0.25) is 0 Å². The number of rotatable bonds is 2. The minimum Gasteiger partial charge on any atom is -0.385 e. The molecular formula is C16H13N3OS. The third-order valence-electron chi connectivity index (χ3n) is 3.16. The number of para-hydroxylation sites is 2. The van der Waals surface area contributed by atoms with E-state index >= 15 is 0 Å². The van der Waals surface area contributed by atoms with Gasteiger partial charge in [-0.3, -0.25) is 13.9 Å². The van der Waals surface area contributed by atoms with E-state index in [9.17, 15) is 4.79 Å². The average Bonchev–Trinajstić information content (AvgIpc) is 2.49. The number of nitrogens with zero attached hydrogens (tertiary/aromatic N) is 2.